The Bertz CT molecular complexity index is 708. The fourth-order valence-corrected chi connectivity index (χ4v) is 3.86. The molecule has 6 heteroatoms. The molecule has 2 aromatic rings. The van der Waals surface area contributed by atoms with E-state index in [9.17, 15) is 15.0 Å². The number of thiazole rings is 1. The summed E-state index contributed by atoms with van der Waals surface area (Å²) in [7, 11) is 0. The molecule has 1 aliphatic rings. The maximum atomic E-state index is 12.1. The number of carbonyl (C=O) groups is 1. The van der Waals surface area contributed by atoms with Gasteiger partial charge in [-0.1, -0.05) is 23.8 Å². The SMILES string of the molecule is O=C(NCCC1=CCCCC1)C(O)C(O)c1nc2ccccc2s1. The Balaban J connectivity index is 1.55. The highest BCUT2D eigenvalue weighted by molar-refractivity contribution is 7.18. The summed E-state index contributed by atoms with van der Waals surface area (Å²) in [5, 5.41) is 23.4. The Kier molecular flexibility index (Phi) is 5.60. The van der Waals surface area contributed by atoms with E-state index in [0.717, 1.165) is 29.5 Å². The number of carbonyl (C=O) groups excluding carboxylic acids is 1. The third-order valence-corrected chi connectivity index (χ3v) is 5.37. The normalized spacial score (nSPS) is 17.3. The molecule has 1 heterocycles. The van der Waals surface area contributed by atoms with Crippen LogP contribution in [0.1, 0.15) is 43.2 Å². The van der Waals surface area contributed by atoms with Crippen molar-refractivity contribution in [2.75, 3.05) is 6.54 Å². The highest BCUT2D eigenvalue weighted by Crippen LogP contribution is 2.28. The van der Waals surface area contributed by atoms with Crippen LogP contribution in [-0.2, 0) is 4.79 Å². The van der Waals surface area contributed by atoms with Crippen LogP contribution in [0.2, 0.25) is 0 Å². The minimum Gasteiger partial charge on any atom is -0.383 e. The van der Waals surface area contributed by atoms with Crippen molar-refractivity contribution in [2.24, 2.45) is 0 Å². The molecule has 0 bridgehead atoms. The van der Waals surface area contributed by atoms with Gasteiger partial charge in [0.25, 0.3) is 5.91 Å². The second-order valence-electron chi connectivity index (χ2n) is 6.06. The number of rotatable bonds is 6. The van der Waals surface area contributed by atoms with Crippen molar-refractivity contribution in [1.29, 1.82) is 0 Å². The van der Waals surface area contributed by atoms with E-state index in [0.29, 0.717) is 11.6 Å². The van der Waals surface area contributed by atoms with E-state index >= 15 is 0 Å². The summed E-state index contributed by atoms with van der Waals surface area (Å²) >= 11 is 1.29. The number of allylic oxidation sites excluding steroid dienone is 1. The fourth-order valence-electron chi connectivity index (χ4n) is 2.88. The lowest BCUT2D eigenvalue weighted by molar-refractivity contribution is -0.135. The van der Waals surface area contributed by atoms with Gasteiger partial charge in [0.15, 0.2) is 6.10 Å². The first-order valence-electron chi connectivity index (χ1n) is 8.32. The lowest BCUT2D eigenvalue weighted by atomic mass is 9.97. The van der Waals surface area contributed by atoms with Crippen molar-refractivity contribution in [1.82, 2.24) is 10.3 Å². The highest BCUT2D eigenvalue weighted by atomic mass is 32.1. The molecule has 128 valence electrons. The van der Waals surface area contributed by atoms with Crippen molar-refractivity contribution >= 4 is 27.5 Å². The molecule has 5 nitrogen and oxygen atoms in total. The van der Waals surface area contributed by atoms with Gasteiger partial charge in [0.1, 0.15) is 11.1 Å². The number of aliphatic hydroxyl groups excluding tert-OH is 2. The van der Waals surface area contributed by atoms with Crippen LogP contribution in [0.5, 0.6) is 0 Å². The Labute approximate surface area is 145 Å². The van der Waals surface area contributed by atoms with Gasteiger partial charge < -0.3 is 15.5 Å². The number of fused-ring (bicyclic) bond motifs is 1. The van der Waals surface area contributed by atoms with Crippen LogP contribution < -0.4 is 5.32 Å². The third-order valence-electron chi connectivity index (χ3n) is 4.26. The molecule has 1 amide bonds. The average Bonchev–Trinajstić information content (AvgIpc) is 3.05. The highest BCUT2D eigenvalue weighted by Gasteiger charge is 2.28. The molecule has 0 spiro atoms. The molecule has 0 fully saturated rings. The predicted molar refractivity (Wildman–Crippen MR) is 94.8 cm³/mol. The molecule has 2 unspecified atom stereocenters. The zero-order valence-electron chi connectivity index (χ0n) is 13.4. The molecule has 1 aromatic heterocycles. The summed E-state index contributed by atoms with van der Waals surface area (Å²) < 4.78 is 0.920. The first-order chi connectivity index (χ1) is 11.6. The average molecular weight is 346 g/mol. The minimum atomic E-state index is -1.51. The number of para-hydroxylation sites is 1. The second-order valence-corrected chi connectivity index (χ2v) is 7.12. The van der Waals surface area contributed by atoms with E-state index in [1.807, 2.05) is 24.3 Å². The number of amides is 1. The molecule has 0 saturated carbocycles. The van der Waals surface area contributed by atoms with E-state index in [4.69, 9.17) is 0 Å². The number of benzene rings is 1. The molecule has 0 saturated heterocycles. The molecule has 0 aliphatic heterocycles. The van der Waals surface area contributed by atoms with Crippen LogP contribution in [0.4, 0.5) is 0 Å². The maximum absolute atomic E-state index is 12.1. The summed E-state index contributed by atoms with van der Waals surface area (Å²) in [6.45, 7) is 0.480. The number of aliphatic hydroxyl groups is 2. The summed E-state index contributed by atoms with van der Waals surface area (Å²) in [6, 6.07) is 7.49. The standard InChI is InChI=1S/C18H22N2O3S/c21-15(17(23)19-11-10-12-6-2-1-3-7-12)16(22)18-20-13-8-4-5-9-14(13)24-18/h4-6,8-9,15-16,21-22H,1-3,7,10-11H2,(H,19,23). The fraction of sp³-hybridized carbons (Fsp3) is 0.444. The van der Waals surface area contributed by atoms with Crippen molar-refractivity contribution < 1.29 is 15.0 Å². The Morgan fingerprint density at radius 2 is 2.12 bits per heavy atom. The monoisotopic (exact) mass is 346 g/mol. The Morgan fingerprint density at radius 1 is 1.29 bits per heavy atom. The molecule has 2 atom stereocenters. The van der Waals surface area contributed by atoms with Crippen LogP contribution in [0.15, 0.2) is 35.9 Å². The smallest absolute Gasteiger partial charge is 0.252 e. The van der Waals surface area contributed by atoms with Crippen LogP contribution in [0.25, 0.3) is 10.2 Å². The lowest BCUT2D eigenvalue weighted by Crippen LogP contribution is -2.39. The van der Waals surface area contributed by atoms with Crippen LogP contribution in [-0.4, -0.2) is 33.8 Å². The summed E-state index contributed by atoms with van der Waals surface area (Å²) in [5.41, 5.74) is 2.12. The lowest BCUT2D eigenvalue weighted by Gasteiger charge is -2.17. The molecule has 1 aromatic carbocycles. The van der Waals surface area contributed by atoms with Crippen LogP contribution >= 0.6 is 11.3 Å². The largest absolute Gasteiger partial charge is 0.383 e. The topological polar surface area (TPSA) is 82.5 Å². The summed E-state index contributed by atoms with van der Waals surface area (Å²) in [5.74, 6) is -0.557. The number of hydrogen-bond acceptors (Lipinski definition) is 5. The maximum Gasteiger partial charge on any atom is 0.252 e. The van der Waals surface area contributed by atoms with E-state index < -0.39 is 18.1 Å². The molecular formula is C18H22N2O3S. The van der Waals surface area contributed by atoms with Crippen molar-refractivity contribution in [3.63, 3.8) is 0 Å². The summed E-state index contributed by atoms with van der Waals surface area (Å²) in [6.07, 6.45) is 4.87. The molecular weight excluding hydrogens is 324 g/mol. The van der Waals surface area contributed by atoms with E-state index in [-0.39, 0.29) is 0 Å². The van der Waals surface area contributed by atoms with E-state index in [1.165, 1.54) is 29.8 Å². The second kappa shape index (κ2) is 7.88. The first kappa shape index (κ1) is 17.1. The van der Waals surface area contributed by atoms with Crippen LogP contribution in [0.3, 0.4) is 0 Å². The van der Waals surface area contributed by atoms with E-state index in [2.05, 4.69) is 16.4 Å². The van der Waals surface area contributed by atoms with Gasteiger partial charge in [-0.2, -0.15) is 0 Å². The number of aromatic nitrogens is 1. The third kappa shape index (κ3) is 4.01. The van der Waals surface area contributed by atoms with Gasteiger partial charge in [-0.15, -0.1) is 11.3 Å². The van der Waals surface area contributed by atoms with Gasteiger partial charge in [-0.25, -0.2) is 4.98 Å². The predicted octanol–water partition coefficient (Wildman–Crippen LogP) is 2.70. The number of nitrogens with one attached hydrogen (secondary N) is 1. The Hall–Kier alpha value is -1.76. The van der Waals surface area contributed by atoms with Crippen molar-refractivity contribution in [2.45, 2.75) is 44.3 Å². The molecule has 1 aliphatic carbocycles. The first-order valence-corrected chi connectivity index (χ1v) is 9.14. The van der Waals surface area contributed by atoms with Crippen molar-refractivity contribution in [3.05, 3.63) is 40.9 Å². The Morgan fingerprint density at radius 3 is 2.88 bits per heavy atom. The number of hydrogen-bond donors (Lipinski definition) is 3. The van der Waals surface area contributed by atoms with Gasteiger partial charge in [0.05, 0.1) is 10.2 Å². The van der Waals surface area contributed by atoms with Gasteiger partial charge in [-0.3, -0.25) is 4.79 Å². The van der Waals surface area contributed by atoms with Gasteiger partial charge >= 0.3 is 0 Å². The molecule has 3 rings (SSSR count). The van der Waals surface area contributed by atoms with Crippen LogP contribution in [0, 0.1) is 0 Å². The molecule has 0 radical (unpaired) electrons. The zero-order chi connectivity index (χ0) is 16.9. The van der Waals surface area contributed by atoms with E-state index in [1.54, 1.807) is 0 Å². The molecule has 24 heavy (non-hydrogen) atoms. The summed E-state index contributed by atoms with van der Waals surface area (Å²) in [4.78, 5) is 16.3. The van der Waals surface area contributed by atoms with Crippen molar-refractivity contribution in [3.8, 4) is 0 Å². The van der Waals surface area contributed by atoms with Gasteiger partial charge in [0.2, 0.25) is 0 Å². The minimum absolute atomic E-state index is 0.355. The quantitative estimate of drug-likeness (QED) is 0.702. The van der Waals surface area contributed by atoms with Gasteiger partial charge in [0, 0.05) is 6.54 Å². The molecule has 3 N–H and O–H groups in total. The zero-order valence-corrected chi connectivity index (χ0v) is 14.3. The van der Waals surface area contributed by atoms with Gasteiger partial charge in [-0.05, 0) is 44.2 Å². The number of nitrogens with zero attached hydrogens (tertiary/aromatic N) is 1.